The average Bonchev–Trinajstić information content (AvgIpc) is 3.45. The summed E-state index contributed by atoms with van der Waals surface area (Å²) in [5.41, 5.74) is -0.715. The lowest BCUT2D eigenvalue weighted by atomic mass is 9.93. The van der Waals surface area contributed by atoms with Crippen LogP contribution in [-0.2, 0) is 43.1 Å². The highest BCUT2D eigenvalue weighted by atomic mass is 19.4. The summed E-state index contributed by atoms with van der Waals surface area (Å²) in [7, 11) is 0. The monoisotopic (exact) mass is 706 g/mol. The van der Waals surface area contributed by atoms with Crippen molar-refractivity contribution in [2.24, 2.45) is 11.8 Å². The highest BCUT2D eigenvalue weighted by molar-refractivity contribution is 5.92. The number of aliphatic hydroxyl groups is 1. The predicted octanol–water partition coefficient (Wildman–Crippen LogP) is 2.37. The van der Waals surface area contributed by atoms with Crippen LogP contribution >= 0.6 is 0 Å². The van der Waals surface area contributed by atoms with Gasteiger partial charge in [-0.3, -0.25) is 19.2 Å². The summed E-state index contributed by atoms with van der Waals surface area (Å²) in [6.07, 6.45) is -7.60. The van der Waals surface area contributed by atoms with Crippen LogP contribution in [0.2, 0.25) is 0 Å². The van der Waals surface area contributed by atoms with E-state index in [0.717, 1.165) is 12.1 Å². The first-order chi connectivity index (χ1) is 23.5. The maximum absolute atomic E-state index is 13.7. The predicted molar refractivity (Wildman–Crippen MR) is 175 cm³/mol. The lowest BCUT2D eigenvalue weighted by molar-refractivity contribution is -0.141. The van der Waals surface area contributed by atoms with Gasteiger partial charge in [0.1, 0.15) is 24.4 Å². The molecule has 1 aliphatic rings. The van der Waals surface area contributed by atoms with E-state index in [-0.39, 0.29) is 43.0 Å². The Morgan fingerprint density at radius 1 is 0.920 bits per heavy atom. The second-order valence-corrected chi connectivity index (χ2v) is 12.9. The van der Waals surface area contributed by atoms with Crippen LogP contribution in [0.25, 0.3) is 0 Å². The molecule has 1 aromatic carbocycles. The molecule has 0 aliphatic carbocycles. The van der Waals surface area contributed by atoms with Gasteiger partial charge in [0.15, 0.2) is 6.10 Å². The minimum absolute atomic E-state index is 0.0642. The van der Waals surface area contributed by atoms with E-state index >= 15 is 0 Å². The normalized spacial score (nSPS) is 16.9. The number of nitrogens with one attached hydrogen (secondary N) is 5. The number of rotatable bonds is 16. The molecule has 0 bridgehead atoms. The van der Waals surface area contributed by atoms with Gasteiger partial charge < -0.3 is 36.4 Å². The van der Waals surface area contributed by atoms with Crippen molar-refractivity contribution in [2.75, 3.05) is 6.54 Å². The van der Waals surface area contributed by atoms with Gasteiger partial charge in [-0.15, -0.1) is 0 Å². The molecule has 2 heterocycles. The fraction of sp³-hybridized carbons (Fsp3) is 0.529. The number of aliphatic hydroxyl groups excluding tert-OH is 1. The Hall–Kier alpha value is -4.73. The van der Waals surface area contributed by atoms with E-state index in [9.17, 15) is 42.3 Å². The lowest BCUT2D eigenvalue weighted by Crippen LogP contribution is -2.59. The molecule has 13 nitrogen and oxygen atoms in total. The molecule has 1 unspecified atom stereocenters. The van der Waals surface area contributed by atoms with Crippen LogP contribution in [0.3, 0.4) is 0 Å². The zero-order valence-electron chi connectivity index (χ0n) is 28.4. The number of carbonyl (C=O) groups excluding carboxylic acids is 5. The van der Waals surface area contributed by atoms with E-state index in [1.165, 1.54) is 6.07 Å². The molecule has 16 heteroatoms. The van der Waals surface area contributed by atoms with Crippen molar-refractivity contribution in [3.63, 3.8) is 0 Å². The Balaban J connectivity index is 1.84. The minimum Gasteiger partial charge on any atom is -0.445 e. The van der Waals surface area contributed by atoms with Crippen LogP contribution in [-0.4, -0.2) is 76.6 Å². The molecule has 0 radical (unpaired) electrons. The van der Waals surface area contributed by atoms with E-state index in [1.807, 2.05) is 0 Å². The van der Waals surface area contributed by atoms with Crippen molar-refractivity contribution in [1.29, 1.82) is 0 Å². The topological polar surface area (TPSA) is 188 Å². The van der Waals surface area contributed by atoms with Crippen LogP contribution in [0.1, 0.15) is 63.9 Å². The van der Waals surface area contributed by atoms with Crippen molar-refractivity contribution < 1.29 is 47.0 Å². The maximum Gasteiger partial charge on any atom is 0.433 e. The molecule has 5 atom stereocenters. The molecule has 1 fully saturated rings. The van der Waals surface area contributed by atoms with E-state index in [0.29, 0.717) is 18.5 Å². The van der Waals surface area contributed by atoms with Crippen LogP contribution in [0.15, 0.2) is 48.5 Å². The third-order valence-corrected chi connectivity index (χ3v) is 7.78. The number of pyridine rings is 1. The molecule has 274 valence electrons. The molecule has 1 saturated heterocycles. The van der Waals surface area contributed by atoms with Gasteiger partial charge in [0.25, 0.3) is 5.91 Å². The van der Waals surface area contributed by atoms with E-state index in [1.54, 1.807) is 58.0 Å². The fourth-order valence-electron chi connectivity index (χ4n) is 5.33. The molecular formula is C34H45F3N6O7. The van der Waals surface area contributed by atoms with Crippen molar-refractivity contribution >= 4 is 29.7 Å². The molecule has 0 saturated carbocycles. The van der Waals surface area contributed by atoms with Gasteiger partial charge in [0, 0.05) is 30.6 Å². The number of amides is 5. The third-order valence-electron chi connectivity index (χ3n) is 7.78. The lowest BCUT2D eigenvalue weighted by Gasteiger charge is -2.29. The SMILES string of the molecule is CC(C)C[C@H](NC(=O)[C@H](Cc1cccc(C(F)(F)F)n1)NC(=O)OCc1ccccc1)C(=O)N[C@@H](C[C@@H]1CCNC1=O)C(O)C(=O)NC(C)C. The summed E-state index contributed by atoms with van der Waals surface area (Å²) >= 11 is 0. The van der Waals surface area contributed by atoms with Gasteiger partial charge in [0.2, 0.25) is 17.7 Å². The van der Waals surface area contributed by atoms with Gasteiger partial charge >= 0.3 is 12.3 Å². The molecule has 0 spiro atoms. The van der Waals surface area contributed by atoms with Crippen molar-refractivity contribution in [2.45, 2.75) is 96.4 Å². The first-order valence-corrected chi connectivity index (χ1v) is 16.4. The zero-order valence-corrected chi connectivity index (χ0v) is 28.4. The van der Waals surface area contributed by atoms with Gasteiger partial charge in [0.05, 0.1) is 6.04 Å². The van der Waals surface area contributed by atoms with Crippen LogP contribution in [0, 0.1) is 11.8 Å². The van der Waals surface area contributed by atoms with Gasteiger partial charge in [-0.25, -0.2) is 9.78 Å². The number of alkyl halides is 3. The van der Waals surface area contributed by atoms with Gasteiger partial charge in [-0.05, 0) is 56.7 Å². The Labute approximate surface area is 288 Å². The summed E-state index contributed by atoms with van der Waals surface area (Å²) in [5.74, 6) is -3.52. The first-order valence-electron chi connectivity index (χ1n) is 16.4. The molecule has 6 N–H and O–H groups in total. The fourth-order valence-corrected chi connectivity index (χ4v) is 5.33. The quantitative estimate of drug-likeness (QED) is 0.154. The summed E-state index contributed by atoms with van der Waals surface area (Å²) in [4.78, 5) is 68.9. The second-order valence-electron chi connectivity index (χ2n) is 12.9. The molecule has 50 heavy (non-hydrogen) atoms. The number of benzene rings is 1. The zero-order chi connectivity index (χ0) is 37.0. The number of carbonyl (C=O) groups is 5. The molecule has 1 aliphatic heterocycles. The third kappa shape index (κ3) is 12.6. The minimum atomic E-state index is -4.76. The number of hydrogen-bond donors (Lipinski definition) is 6. The van der Waals surface area contributed by atoms with Gasteiger partial charge in [-0.1, -0.05) is 50.2 Å². The standard InChI is InChI=1S/C34H45F3N6O7/c1-19(2)15-25(30(46)41-24(16-22-13-14-38-29(22)45)28(44)32(48)39-20(3)4)42-31(47)26(17-23-11-8-12-27(40-23)34(35,36)37)43-33(49)50-18-21-9-6-5-7-10-21/h5-12,19-20,22,24-26,28,44H,13-18H2,1-4H3,(H,38,45)(H,39,48)(H,41,46)(H,42,47)(H,43,49)/t22-,24-,25-,26-,28?/m0/s1. The molecule has 1 aromatic heterocycles. The van der Waals surface area contributed by atoms with Crippen LogP contribution in [0.5, 0.6) is 0 Å². The van der Waals surface area contributed by atoms with Crippen LogP contribution < -0.4 is 26.6 Å². The highest BCUT2D eigenvalue weighted by Crippen LogP contribution is 2.27. The molecular weight excluding hydrogens is 661 g/mol. The Bertz CT molecular complexity index is 1470. The van der Waals surface area contributed by atoms with E-state index in [2.05, 4.69) is 31.6 Å². The molecule has 5 amide bonds. The number of hydrogen-bond acceptors (Lipinski definition) is 8. The second kappa shape index (κ2) is 18.3. The largest absolute Gasteiger partial charge is 0.445 e. The number of nitrogens with zero attached hydrogens (tertiary/aromatic N) is 1. The number of alkyl carbamates (subject to hydrolysis) is 1. The van der Waals surface area contributed by atoms with Crippen molar-refractivity contribution in [3.8, 4) is 0 Å². The first kappa shape index (κ1) is 39.7. The average molecular weight is 707 g/mol. The van der Waals surface area contributed by atoms with Gasteiger partial charge in [-0.2, -0.15) is 13.2 Å². The molecule has 3 rings (SSSR count). The number of aromatic nitrogens is 1. The number of halogens is 3. The summed E-state index contributed by atoms with van der Waals surface area (Å²) in [5, 5.41) is 23.8. The van der Waals surface area contributed by atoms with Crippen molar-refractivity contribution in [1.82, 2.24) is 31.6 Å². The highest BCUT2D eigenvalue weighted by Gasteiger charge is 2.37. The summed E-state index contributed by atoms with van der Waals surface area (Å²) < 4.78 is 45.4. The van der Waals surface area contributed by atoms with E-state index < -0.39 is 72.3 Å². The van der Waals surface area contributed by atoms with Crippen LogP contribution in [0.4, 0.5) is 18.0 Å². The Morgan fingerprint density at radius 2 is 1.60 bits per heavy atom. The number of ether oxygens (including phenoxy) is 1. The Morgan fingerprint density at radius 3 is 2.20 bits per heavy atom. The molecule has 2 aromatic rings. The summed E-state index contributed by atoms with van der Waals surface area (Å²) in [6.45, 7) is 7.17. The van der Waals surface area contributed by atoms with E-state index in [4.69, 9.17) is 4.74 Å². The summed E-state index contributed by atoms with van der Waals surface area (Å²) in [6, 6.07) is 7.44. The van der Waals surface area contributed by atoms with Crippen molar-refractivity contribution in [3.05, 3.63) is 65.5 Å². The Kier molecular flexibility index (Phi) is 14.5. The smallest absolute Gasteiger partial charge is 0.433 e. The maximum atomic E-state index is 13.7.